The Morgan fingerprint density at radius 3 is 2.45 bits per heavy atom. The molecule has 1 aromatic carbocycles. The third kappa shape index (κ3) is 4.52. The number of amides is 1. The highest BCUT2D eigenvalue weighted by atomic mass is 16.5. The maximum Gasteiger partial charge on any atom is 0.244 e. The fourth-order valence-electron chi connectivity index (χ4n) is 2.78. The number of carbonyl (C=O) groups excluding carboxylic acids is 1. The summed E-state index contributed by atoms with van der Waals surface area (Å²) in [4.78, 5) is 12.0. The molecular formula is C18H25NO3. The van der Waals surface area contributed by atoms with Crippen molar-refractivity contribution < 1.29 is 14.3 Å². The summed E-state index contributed by atoms with van der Waals surface area (Å²) in [5.41, 5.74) is 0.907. The van der Waals surface area contributed by atoms with Crippen LogP contribution in [-0.4, -0.2) is 26.2 Å². The van der Waals surface area contributed by atoms with Crippen LogP contribution in [0.1, 0.15) is 38.2 Å². The molecule has 1 aliphatic rings. The maximum absolute atomic E-state index is 12.0. The monoisotopic (exact) mass is 303 g/mol. The van der Waals surface area contributed by atoms with Gasteiger partial charge in [0.15, 0.2) is 11.5 Å². The molecule has 0 atom stereocenters. The molecule has 0 heterocycles. The van der Waals surface area contributed by atoms with Gasteiger partial charge in [-0.05, 0) is 55.4 Å². The summed E-state index contributed by atoms with van der Waals surface area (Å²) >= 11 is 0. The fourth-order valence-corrected chi connectivity index (χ4v) is 2.78. The standard InChI is InChI=1S/C18H25NO3/c1-13-4-8-15(9-5-13)19-18(20)11-7-14-6-10-16(21-2)17(12-14)22-3/h6-7,10-13,15H,4-5,8-9H2,1-3H3,(H,19,20)/b11-7+/t13-,15-. The molecular weight excluding hydrogens is 278 g/mol. The summed E-state index contributed by atoms with van der Waals surface area (Å²) in [5.74, 6) is 2.09. The average molecular weight is 303 g/mol. The Labute approximate surface area is 132 Å². The van der Waals surface area contributed by atoms with E-state index in [-0.39, 0.29) is 5.91 Å². The Bertz CT molecular complexity index is 531. The maximum atomic E-state index is 12.0. The summed E-state index contributed by atoms with van der Waals surface area (Å²) in [6.07, 6.45) is 7.94. The molecule has 0 bridgehead atoms. The first-order valence-electron chi connectivity index (χ1n) is 7.83. The van der Waals surface area contributed by atoms with Crippen LogP contribution in [0.25, 0.3) is 6.08 Å². The van der Waals surface area contributed by atoms with E-state index in [1.54, 1.807) is 26.4 Å². The molecule has 120 valence electrons. The number of benzene rings is 1. The van der Waals surface area contributed by atoms with Crippen LogP contribution < -0.4 is 14.8 Å². The number of carbonyl (C=O) groups is 1. The Morgan fingerprint density at radius 2 is 1.82 bits per heavy atom. The first-order chi connectivity index (χ1) is 10.6. The number of rotatable bonds is 5. The number of hydrogen-bond acceptors (Lipinski definition) is 3. The minimum absolute atomic E-state index is 0.0330. The molecule has 0 aromatic heterocycles. The van der Waals surface area contributed by atoms with Crippen LogP contribution in [0.3, 0.4) is 0 Å². The lowest BCUT2D eigenvalue weighted by Gasteiger charge is -2.26. The Hall–Kier alpha value is -1.97. The van der Waals surface area contributed by atoms with Gasteiger partial charge in [0.25, 0.3) is 0 Å². The van der Waals surface area contributed by atoms with E-state index in [9.17, 15) is 4.79 Å². The van der Waals surface area contributed by atoms with E-state index in [1.165, 1.54) is 12.8 Å². The van der Waals surface area contributed by atoms with E-state index < -0.39 is 0 Å². The van der Waals surface area contributed by atoms with Gasteiger partial charge in [-0.3, -0.25) is 4.79 Å². The molecule has 22 heavy (non-hydrogen) atoms. The summed E-state index contributed by atoms with van der Waals surface area (Å²) in [6, 6.07) is 5.90. The van der Waals surface area contributed by atoms with E-state index in [2.05, 4.69) is 12.2 Å². The zero-order valence-electron chi connectivity index (χ0n) is 13.6. The lowest BCUT2D eigenvalue weighted by atomic mass is 9.87. The summed E-state index contributed by atoms with van der Waals surface area (Å²) < 4.78 is 10.5. The first kappa shape index (κ1) is 16.4. The van der Waals surface area contributed by atoms with Crippen molar-refractivity contribution in [3.8, 4) is 11.5 Å². The molecule has 4 nitrogen and oxygen atoms in total. The molecule has 0 spiro atoms. The highest BCUT2D eigenvalue weighted by Crippen LogP contribution is 2.28. The predicted molar refractivity (Wildman–Crippen MR) is 88.1 cm³/mol. The Morgan fingerprint density at radius 1 is 1.14 bits per heavy atom. The van der Waals surface area contributed by atoms with Crippen molar-refractivity contribution in [2.45, 2.75) is 38.6 Å². The molecule has 1 aliphatic carbocycles. The van der Waals surface area contributed by atoms with E-state index in [4.69, 9.17) is 9.47 Å². The van der Waals surface area contributed by atoms with Gasteiger partial charge in [-0.25, -0.2) is 0 Å². The average Bonchev–Trinajstić information content (AvgIpc) is 2.54. The predicted octanol–water partition coefficient (Wildman–Crippen LogP) is 3.41. The van der Waals surface area contributed by atoms with Crippen molar-refractivity contribution in [3.05, 3.63) is 29.8 Å². The van der Waals surface area contributed by atoms with Gasteiger partial charge in [0.1, 0.15) is 0 Å². The van der Waals surface area contributed by atoms with E-state index in [0.717, 1.165) is 24.3 Å². The molecule has 0 unspecified atom stereocenters. The normalized spacial score (nSPS) is 21.6. The van der Waals surface area contributed by atoms with Gasteiger partial charge in [-0.1, -0.05) is 13.0 Å². The molecule has 0 aliphatic heterocycles. The molecule has 0 radical (unpaired) electrons. The van der Waals surface area contributed by atoms with Crippen LogP contribution in [0.4, 0.5) is 0 Å². The second kappa shape index (κ2) is 7.87. The van der Waals surface area contributed by atoms with E-state index in [1.807, 2.05) is 18.2 Å². The smallest absolute Gasteiger partial charge is 0.244 e. The van der Waals surface area contributed by atoms with Crippen molar-refractivity contribution in [2.75, 3.05) is 14.2 Å². The fraction of sp³-hybridized carbons (Fsp3) is 0.500. The van der Waals surface area contributed by atoms with Crippen molar-refractivity contribution in [1.82, 2.24) is 5.32 Å². The van der Waals surface area contributed by atoms with E-state index >= 15 is 0 Å². The summed E-state index contributed by atoms with van der Waals surface area (Å²) in [6.45, 7) is 2.27. The van der Waals surface area contributed by atoms with Crippen LogP contribution in [-0.2, 0) is 4.79 Å². The van der Waals surface area contributed by atoms with Gasteiger partial charge in [-0.2, -0.15) is 0 Å². The first-order valence-corrected chi connectivity index (χ1v) is 7.83. The minimum Gasteiger partial charge on any atom is -0.493 e. The molecule has 1 N–H and O–H groups in total. The SMILES string of the molecule is COc1ccc(/C=C/C(=O)N[C@H]2CC[C@H](C)CC2)cc1OC. The molecule has 0 saturated heterocycles. The van der Waals surface area contributed by atoms with Gasteiger partial charge in [0.2, 0.25) is 5.91 Å². The highest BCUT2D eigenvalue weighted by Gasteiger charge is 2.18. The molecule has 2 rings (SSSR count). The lowest BCUT2D eigenvalue weighted by Crippen LogP contribution is -2.36. The third-order valence-corrected chi connectivity index (χ3v) is 4.20. The van der Waals surface area contributed by atoms with E-state index in [0.29, 0.717) is 17.5 Å². The van der Waals surface area contributed by atoms with Crippen molar-refractivity contribution in [3.63, 3.8) is 0 Å². The largest absolute Gasteiger partial charge is 0.493 e. The molecule has 1 saturated carbocycles. The topological polar surface area (TPSA) is 47.6 Å². The minimum atomic E-state index is -0.0330. The van der Waals surface area contributed by atoms with Gasteiger partial charge >= 0.3 is 0 Å². The van der Waals surface area contributed by atoms with Crippen molar-refractivity contribution >= 4 is 12.0 Å². The molecule has 1 fully saturated rings. The van der Waals surface area contributed by atoms with Crippen LogP contribution in [0.15, 0.2) is 24.3 Å². The van der Waals surface area contributed by atoms with Crippen LogP contribution in [0.5, 0.6) is 11.5 Å². The molecule has 1 aromatic rings. The lowest BCUT2D eigenvalue weighted by molar-refractivity contribution is -0.117. The quantitative estimate of drug-likeness (QED) is 0.848. The van der Waals surface area contributed by atoms with Crippen molar-refractivity contribution in [2.24, 2.45) is 5.92 Å². The number of hydrogen-bond donors (Lipinski definition) is 1. The third-order valence-electron chi connectivity index (χ3n) is 4.20. The van der Waals surface area contributed by atoms with Crippen LogP contribution in [0, 0.1) is 5.92 Å². The summed E-state index contributed by atoms with van der Waals surface area (Å²) in [7, 11) is 3.20. The number of nitrogens with one attached hydrogen (secondary N) is 1. The van der Waals surface area contributed by atoms with Crippen LogP contribution >= 0.6 is 0 Å². The zero-order valence-corrected chi connectivity index (χ0v) is 13.6. The second-order valence-electron chi connectivity index (χ2n) is 5.91. The van der Waals surface area contributed by atoms with Gasteiger partial charge in [-0.15, -0.1) is 0 Å². The van der Waals surface area contributed by atoms with Crippen LogP contribution in [0.2, 0.25) is 0 Å². The second-order valence-corrected chi connectivity index (χ2v) is 5.91. The highest BCUT2D eigenvalue weighted by molar-refractivity contribution is 5.92. The number of methoxy groups -OCH3 is 2. The molecule has 4 heteroatoms. The van der Waals surface area contributed by atoms with Gasteiger partial charge < -0.3 is 14.8 Å². The zero-order chi connectivity index (χ0) is 15.9. The van der Waals surface area contributed by atoms with Gasteiger partial charge in [0.05, 0.1) is 14.2 Å². The Kier molecular flexibility index (Phi) is 5.87. The summed E-state index contributed by atoms with van der Waals surface area (Å²) in [5, 5.41) is 3.08. The number of ether oxygens (including phenoxy) is 2. The van der Waals surface area contributed by atoms with Crippen molar-refractivity contribution in [1.29, 1.82) is 0 Å². The van der Waals surface area contributed by atoms with Gasteiger partial charge in [0, 0.05) is 12.1 Å². The Balaban J connectivity index is 1.92. The molecule has 1 amide bonds.